The monoisotopic (exact) mass is 228 g/mol. The Morgan fingerprint density at radius 2 is 2.07 bits per heavy atom. The van der Waals surface area contributed by atoms with Crippen LogP contribution in [0.25, 0.3) is 0 Å². The number of hydrogen-bond acceptors (Lipinski definition) is 3. The lowest BCUT2D eigenvalue weighted by atomic mass is 9.85. The Morgan fingerprint density at radius 3 is 2.47 bits per heavy atom. The van der Waals surface area contributed by atoms with E-state index in [4.69, 9.17) is 22.4 Å². The fourth-order valence-electron chi connectivity index (χ4n) is 1.24. The van der Waals surface area contributed by atoms with Crippen LogP contribution in [-0.2, 0) is 5.41 Å². The molecule has 0 fully saturated rings. The second-order valence-corrected chi connectivity index (χ2v) is 4.68. The van der Waals surface area contributed by atoms with Gasteiger partial charge in [-0.25, -0.2) is 9.78 Å². The van der Waals surface area contributed by atoms with Crippen LogP contribution in [0.4, 0.5) is 5.69 Å². The number of aromatic nitrogens is 1. The topological polar surface area (TPSA) is 76.2 Å². The molecule has 0 amide bonds. The minimum Gasteiger partial charge on any atom is -0.477 e. The van der Waals surface area contributed by atoms with Crippen LogP contribution >= 0.6 is 11.6 Å². The van der Waals surface area contributed by atoms with Crippen molar-refractivity contribution in [3.05, 3.63) is 22.5 Å². The van der Waals surface area contributed by atoms with Crippen LogP contribution in [0.3, 0.4) is 0 Å². The summed E-state index contributed by atoms with van der Waals surface area (Å²) in [5.74, 6) is -1.10. The molecule has 1 heterocycles. The van der Waals surface area contributed by atoms with Gasteiger partial charge in [-0.1, -0.05) is 32.4 Å². The van der Waals surface area contributed by atoms with Crippen LogP contribution in [0, 0.1) is 0 Å². The van der Waals surface area contributed by atoms with Gasteiger partial charge in [0.2, 0.25) is 0 Å². The summed E-state index contributed by atoms with van der Waals surface area (Å²) in [6, 6.07) is 1.57. The van der Waals surface area contributed by atoms with Gasteiger partial charge in [0.05, 0.1) is 5.69 Å². The van der Waals surface area contributed by atoms with Gasteiger partial charge in [-0.15, -0.1) is 0 Å². The second kappa shape index (κ2) is 3.70. The van der Waals surface area contributed by atoms with Gasteiger partial charge in [0.1, 0.15) is 0 Å². The zero-order valence-electron chi connectivity index (χ0n) is 8.84. The highest BCUT2D eigenvalue weighted by molar-refractivity contribution is 6.32. The van der Waals surface area contributed by atoms with E-state index >= 15 is 0 Å². The Balaban J connectivity index is 3.49. The quantitative estimate of drug-likeness (QED) is 0.724. The molecular weight excluding hydrogens is 216 g/mol. The number of nitrogen functional groups attached to an aromatic ring is 1. The molecule has 4 nitrogen and oxygen atoms in total. The molecule has 0 aliphatic heterocycles. The average molecular weight is 229 g/mol. The number of anilines is 1. The number of hydrogen-bond donors (Lipinski definition) is 2. The molecule has 0 aliphatic rings. The van der Waals surface area contributed by atoms with E-state index in [1.165, 1.54) is 0 Å². The normalized spacial score (nSPS) is 11.5. The van der Waals surface area contributed by atoms with E-state index in [-0.39, 0.29) is 16.3 Å². The van der Waals surface area contributed by atoms with Crippen LogP contribution < -0.4 is 5.73 Å². The zero-order chi connectivity index (χ0) is 11.8. The van der Waals surface area contributed by atoms with E-state index in [1.807, 2.05) is 20.8 Å². The molecule has 0 bridgehead atoms. The molecule has 0 spiro atoms. The number of nitrogens with zero attached hydrogens (tertiary/aromatic N) is 1. The molecule has 1 rings (SSSR count). The molecule has 3 N–H and O–H groups in total. The molecule has 0 saturated carbocycles. The number of carboxylic acid groups (broad SMARTS) is 1. The van der Waals surface area contributed by atoms with Gasteiger partial charge in [0, 0.05) is 0 Å². The number of nitrogens with two attached hydrogens (primary N) is 1. The first-order valence-corrected chi connectivity index (χ1v) is 4.81. The van der Waals surface area contributed by atoms with E-state index in [0.717, 1.165) is 0 Å². The molecule has 0 aromatic carbocycles. The molecule has 1 aromatic rings. The van der Waals surface area contributed by atoms with Crippen LogP contribution in [0.1, 0.15) is 36.8 Å². The maximum atomic E-state index is 11.0. The van der Waals surface area contributed by atoms with Gasteiger partial charge in [-0.05, 0) is 17.0 Å². The highest BCUT2D eigenvalue weighted by Gasteiger charge is 2.24. The van der Waals surface area contributed by atoms with Gasteiger partial charge in [0.15, 0.2) is 10.8 Å². The predicted octanol–water partition coefficient (Wildman–Crippen LogP) is 2.31. The van der Waals surface area contributed by atoms with E-state index in [2.05, 4.69) is 4.98 Å². The van der Waals surface area contributed by atoms with Crippen molar-refractivity contribution in [3.8, 4) is 0 Å². The first kappa shape index (κ1) is 11.8. The Labute approximate surface area is 93.1 Å². The van der Waals surface area contributed by atoms with Crippen molar-refractivity contribution in [2.24, 2.45) is 0 Å². The number of carbonyl (C=O) groups is 1. The van der Waals surface area contributed by atoms with Crippen molar-refractivity contribution in [1.82, 2.24) is 4.98 Å². The largest absolute Gasteiger partial charge is 0.477 e. The number of carboxylic acids is 1. The lowest BCUT2D eigenvalue weighted by Crippen LogP contribution is -2.19. The predicted molar refractivity (Wildman–Crippen MR) is 59.3 cm³/mol. The van der Waals surface area contributed by atoms with E-state index in [1.54, 1.807) is 6.07 Å². The van der Waals surface area contributed by atoms with Gasteiger partial charge in [0.25, 0.3) is 0 Å². The molecule has 82 valence electrons. The van der Waals surface area contributed by atoms with Crippen molar-refractivity contribution in [1.29, 1.82) is 0 Å². The molecular formula is C10H13ClN2O2. The number of pyridine rings is 1. The molecule has 0 unspecified atom stereocenters. The second-order valence-electron chi connectivity index (χ2n) is 4.32. The summed E-state index contributed by atoms with van der Waals surface area (Å²) >= 11 is 5.68. The van der Waals surface area contributed by atoms with Crippen molar-refractivity contribution < 1.29 is 9.90 Å². The van der Waals surface area contributed by atoms with Crippen molar-refractivity contribution in [3.63, 3.8) is 0 Å². The summed E-state index contributed by atoms with van der Waals surface area (Å²) in [4.78, 5) is 14.7. The van der Waals surface area contributed by atoms with Gasteiger partial charge in [-0.2, -0.15) is 0 Å². The number of rotatable bonds is 1. The maximum Gasteiger partial charge on any atom is 0.354 e. The van der Waals surface area contributed by atoms with Gasteiger partial charge >= 0.3 is 5.97 Å². The minimum absolute atomic E-state index is 0.0281. The standard InChI is InChI=1S/C10H13ClN2O2/c1-10(2,3)5-4-6(12)8(11)13-7(5)9(14)15/h4H,12H2,1-3H3,(H,14,15). The Bertz CT molecular complexity index is 411. The fraction of sp³-hybridized carbons (Fsp3) is 0.400. The summed E-state index contributed by atoms with van der Waals surface area (Å²) in [7, 11) is 0. The van der Waals surface area contributed by atoms with E-state index < -0.39 is 5.97 Å². The van der Waals surface area contributed by atoms with Crippen molar-refractivity contribution in [2.75, 3.05) is 5.73 Å². The number of halogens is 1. The van der Waals surface area contributed by atoms with Crippen LogP contribution in [-0.4, -0.2) is 16.1 Å². The third kappa shape index (κ3) is 2.39. The first-order valence-electron chi connectivity index (χ1n) is 4.43. The number of aromatic carboxylic acids is 1. The Hall–Kier alpha value is -1.29. The lowest BCUT2D eigenvalue weighted by Gasteiger charge is -2.21. The summed E-state index contributed by atoms with van der Waals surface area (Å²) < 4.78 is 0. The summed E-state index contributed by atoms with van der Waals surface area (Å²) in [5.41, 5.74) is 6.10. The van der Waals surface area contributed by atoms with E-state index in [9.17, 15) is 4.79 Å². The third-order valence-electron chi connectivity index (χ3n) is 2.01. The van der Waals surface area contributed by atoms with Crippen molar-refractivity contribution >= 4 is 23.3 Å². The van der Waals surface area contributed by atoms with Crippen LogP contribution in [0.5, 0.6) is 0 Å². The fourth-order valence-corrected chi connectivity index (χ4v) is 1.38. The lowest BCUT2D eigenvalue weighted by molar-refractivity contribution is 0.0687. The summed E-state index contributed by atoms with van der Waals surface area (Å²) in [6.45, 7) is 5.68. The average Bonchev–Trinajstić information content (AvgIpc) is 2.06. The van der Waals surface area contributed by atoms with Gasteiger partial charge < -0.3 is 10.8 Å². The molecule has 0 saturated heterocycles. The Kier molecular flexibility index (Phi) is 2.90. The zero-order valence-corrected chi connectivity index (χ0v) is 9.59. The molecule has 5 heteroatoms. The summed E-state index contributed by atoms with van der Waals surface area (Å²) in [5, 5.41) is 9.01. The minimum atomic E-state index is -1.10. The van der Waals surface area contributed by atoms with Crippen molar-refractivity contribution in [2.45, 2.75) is 26.2 Å². The Morgan fingerprint density at radius 1 is 1.53 bits per heavy atom. The van der Waals surface area contributed by atoms with Crippen LogP contribution in [0.2, 0.25) is 5.15 Å². The smallest absolute Gasteiger partial charge is 0.354 e. The van der Waals surface area contributed by atoms with Crippen LogP contribution in [0.15, 0.2) is 6.07 Å². The summed E-state index contributed by atoms with van der Waals surface area (Å²) in [6.07, 6.45) is 0. The van der Waals surface area contributed by atoms with Gasteiger partial charge in [-0.3, -0.25) is 0 Å². The first-order chi connectivity index (χ1) is 6.73. The molecule has 15 heavy (non-hydrogen) atoms. The highest BCUT2D eigenvalue weighted by atomic mass is 35.5. The molecule has 1 aromatic heterocycles. The highest BCUT2D eigenvalue weighted by Crippen LogP contribution is 2.29. The molecule has 0 atom stereocenters. The van der Waals surface area contributed by atoms with E-state index in [0.29, 0.717) is 11.3 Å². The third-order valence-corrected chi connectivity index (χ3v) is 2.32. The molecule has 0 radical (unpaired) electrons. The SMILES string of the molecule is CC(C)(C)c1cc(N)c(Cl)nc1C(=O)O. The maximum absolute atomic E-state index is 11.0. The molecule has 0 aliphatic carbocycles.